The summed E-state index contributed by atoms with van der Waals surface area (Å²) >= 11 is 1.56. The van der Waals surface area contributed by atoms with E-state index in [1.807, 2.05) is 54.6 Å². The fourth-order valence-electron chi connectivity index (χ4n) is 4.52. The minimum atomic E-state index is -0.156. The SMILES string of the molecule is COc1cc(/C=C2\SC(Nc3ccccc3)N([C@H]3CCCC[C@H]3C)C2=O)ccc1OCC#N. The average molecular weight is 464 g/mol. The van der Waals surface area contributed by atoms with Crippen LogP contribution in [0.15, 0.2) is 53.4 Å². The summed E-state index contributed by atoms with van der Waals surface area (Å²) in [6, 6.07) is 17.7. The quantitative estimate of drug-likeness (QED) is 0.548. The zero-order valence-corrected chi connectivity index (χ0v) is 19.8. The minimum Gasteiger partial charge on any atom is -0.493 e. The lowest BCUT2D eigenvalue weighted by Crippen LogP contribution is -2.48. The van der Waals surface area contributed by atoms with Crippen molar-refractivity contribution in [3.05, 3.63) is 59.0 Å². The number of rotatable bonds is 7. The number of hydrogen-bond acceptors (Lipinski definition) is 6. The van der Waals surface area contributed by atoms with Crippen molar-refractivity contribution in [1.29, 1.82) is 5.26 Å². The zero-order valence-electron chi connectivity index (χ0n) is 19.0. The smallest absolute Gasteiger partial charge is 0.262 e. The number of hydrogen-bond donors (Lipinski definition) is 1. The Kier molecular flexibility index (Phi) is 7.46. The number of ether oxygens (including phenoxy) is 2. The van der Waals surface area contributed by atoms with E-state index in [9.17, 15) is 4.79 Å². The van der Waals surface area contributed by atoms with E-state index in [4.69, 9.17) is 14.7 Å². The predicted octanol–water partition coefficient (Wildman–Crippen LogP) is 5.49. The van der Waals surface area contributed by atoms with E-state index in [1.54, 1.807) is 24.9 Å². The molecule has 1 saturated carbocycles. The van der Waals surface area contributed by atoms with E-state index in [-0.39, 0.29) is 24.1 Å². The Morgan fingerprint density at radius 3 is 2.70 bits per heavy atom. The van der Waals surface area contributed by atoms with Gasteiger partial charge in [-0.05, 0) is 54.7 Å². The lowest BCUT2D eigenvalue weighted by molar-refractivity contribution is -0.129. The topological polar surface area (TPSA) is 74.6 Å². The van der Waals surface area contributed by atoms with Crippen molar-refractivity contribution in [2.45, 2.75) is 44.1 Å². The molecule has 1 aliphatic carbocycles. The van der Waals surface area contributed by atoms with Crippen molar-refractivity contribution in [1.82, 2.24) is 4.90 Å². The van der Waals surface area contributed by atoms with Crippen molar-refractivity contribution in [2.24, 2.45) is 5.92 Å². The van der Waals surface area contributed by atoms with Crippen LogP contribution in [0.4, 0.5) is 5.69 Å². The van der Waals surface area contributed by atoms with Gasteiger partial charge in [0.15, 0.2) is 23.6 Å². The van der Waals surface area contributed by atoms with Gasteiger partial charge in [-0.25, -0.2) is 0 Å². The largest absolute Gasteiger partial charge is 0.493 e. The van der Waals surface area contributed by atoms with Crippen molar-refractivity contribution < 1.29 is 14.3 Å². The number of amides is 1. The van der Waals surface area contributed by atoms with Crippen LogP contribution in [0.5, 0.6) is 11.5 Å². The molecule has 2 aromatic carbocycles. The number of carbonyl (C=O) groups excluding carboxylic acids is 1. The predicted molar refractivity (Wildman–Crippen MR) is 132 cm³/mol. The summed E-state index contributed by atoms with van der Waals surface area (Å²) < 4.78 is 10.8. The molecular formula is C26H29N3O3S. The Bertz CT molecular complexity index is 1050. The molecule has 4 rings (SSSR count). The highest BCUT2D eigenvalue weighted by atomic mass is 32.2. The fraction of sp³-hybridized carbons (Fsp3) is 0.385. The summed E-state index contributed by atoms with van der Waals surface area (Å²) in [6.45, 7) is 2.21. The standard InChI is InChI=1S/C26H29N3O3S/c1-18-8-6-7-11-21(18)29-25(30)24(33-26(29)28-20-9-4-3-5-10-20)17-19-12-13-22(32-15-14-27)23(16-19)31-2/h3-5,9-10,12-13,16-18,21,26,28H,6-8,11,15H2,1-2H3/b24-17-/t18-,21+,26?/m1/s1. The second-order valence-corrected chi connectivity index (χ2v) is 9.51. The van der Waals surface area contributed by atoms with Gasteiger partial charge in [-0.3, -0.25) is 4.79 Å². The molecule has 1 saturated heterocycles. The molecule has 0 aromatic heterocycles. The number of nitriles is 1. The van der Waals surface area contributed by atoms with Gasteiger partial charge in [-0.15, -0.1) is 0 Å². The van der Waals surface area contributed by atoms with E-state index < -0.39 is 0 Å². The van der Waals surface area contributed by atoms with Crippen molar-refractivity contribution >= 4 is 29.4 Å². The van der Waals surface area contributed by atoms with E-state index in [2.05, 4.69) is 17.1 Å². The number of nitrogens with zero attached hydrogens (tertiary/aromatic N) is 2. The molecule has 1 unspecified atom stereocenters. The first-order chi connectivity index (χ1) is 16.1. The Labute approximate surface area is 199 Å². The van der Waals surface area contributed by atoms with Gasteiger partial charge in [-0.1, -0.05) is 55.8 Å². The molecule has 6 nitrogen and oxygen atoms in total. The first-order valence-corrected chi connectivity index (χ1v) is 12.2. The summed E-state index contributed by atoms with van der Waals surface area (Å²) in [5.74, 6) is 1.58. The van der Waals surface area contributed by atoms with Gasteiger partial charge in [0, 0.05) is 11.7 Å². The van der Waals surface area contributed by atoms with Crippen LogP contribution in [0.2, 0.25) is 0 Å². The minimum absolute atomic E-state index is 0.0491. The number of para-hydroxylation sites is 1. The highest BCUT2D eigenvalue weighted by Gasteiger charge is 2.42. The van der Waals surface area contributed by atoms with E-state index in [0.29, 0.717) is 22.3 Å². The van der Waals surface area contributed by atoms with E-state index in [1.165, 1.54) is 6.42 Å². The lowest BCUT2D eigenvalue weighted by Gasteiger charge is -2.39. The third-order valence-electron chi connectivity index (χ3n) is 6.20. The van der Waals surface area contributed by atoms with Crippen LogP contribution < -0.4 is 14.8 Å². The Morgan fingerprint density at radius 2 is 1.97 bits per heavy atom. The number of carbonyl (C=O) groups is 1. The van der Waals surface area contributed by atoms with Crippen LogP contribution in [-0.2, 0) is 4.79 Å². The van der Waals surface area contributed by atoms with E-state index in [0.717, 1.165) is 30.5 Å². The molecule has 1 N–H and O–H groups in total. The highest BCUT2D eigenvalue weighted by Crippen LogP contribution is 2.42. The van der Waals surface area contributed by atoms with Gasteiger partial charge < -0.3 is 19.7 Å². The van der Waals surface area contributed by atoms with Gasteiger partial charge in [0.25, 0.3) is 5.91 Å². The fourth-order valence-corrected chi connectivity index (χ4v) is 5.73. The molecule has 33 heavy (non-hydrogen) atoms. The monoisotopic (exact) mass is 463 g/mol. The normalized spacial score (nSPS) is 23.9. The van der Waals surface area contributed by atoms with Crippen molar-refractivity contribution in [3.8, 4) is 17.6 Å². The second kappa shape index (κ2) is 10.7. The van der Waals surface area contributed by atoms with Gasteiger partial charge in [0.1, 0.15) is 6.07 Å². The molecule has 1 amide bonds. The summed E-state index contributed by atoms with van der Waals surface area (Å²) in [7, 11) is 1.56. The summed E-state index contributed by atoms with van der Waals surface area (Å²) in [6.07, 6.45) is 6.48. The molecule has 0 bridgehead atoms. The molecule has 172 valence electrons. The maximum atomic E-state index is 13.6. The maximum Gasteiger partial charge on any atom is 0.262 e. The molecule has 7 heteroatoms. The molecule has 2 fully saturated rings. The van der Waals surface area contributed by atoms with Crippen LogP contribution in [0, 0.1) is 17.2 Å². The lowest BCUT2D eigenvalue weighted by atomic mass is 9.85. The third kappa shape index (κ3) is 5.28. The molecule has 2 aliphatic rings. The number of benzene rings is 2. The third-order valence-corrected chi connectivity index (χ3v) is 7.32. The molecule has 0 radical (unpaired) electrons. The molecule has 1 heterocycles. The van der Waals surface area contributed by atoms with Crippen LogP contribution in [0.1, 0.15) is 38.2 Å². The maximum absolute atomic E-state index is 13.6. The summed E-state index contributed by atoms with van der Waals surface area (Å²) in [5.41, 5.74) is 1.69. The molecule has 2 aromatic rings. The highest BCUT2D eigenvalue weighted by molar-refractivity contribution is 8.05. The first-order valence-electron chi connectivity index (χ1n) is 11.3. The number of anilines is 1. The van der Waals surface area contributed by atoms with Crippen molar-refractivity contribution in [2.75, 3.05) is 19.0 Å². The van der Waals surface area contributed by atoms with Gasteiger partial charge >= 0.3 is 0 Å². The molecule has 3 atom stereocenters. The molecule has 1 aliphatic heterocycles. The molecular weight excluding hydrogens is 434 g/mol. The van der Waals surface area contributed by atoms with Crippen LogP contribution in [-0.4, -0.2) is 36.1 Å². The Morgan fingerprint density at radius 1 is 1.18 bits per heavy atom. The number of methoxy groups -OCH3 is 1. The average Bonchev–Trinajstić information content (AvgIpc) is 3.13. The Balaban J connectivity index is 1.62. The summed E-state index contributed by atoms with van der Waals surface area (Å²) in [5, 5.41) is 12.3. The summed E-state index contributed by atoms with van der Waals surface area (Å²) in [4.78, 5) is 16.4. The van der Waals surface area contributed by atoms with Crippen LogP contribution in [0.3, 0.4) is 0 Å². The van der Waals surface area contributed by atoms with Gasteiger partial charge in [0.05, 0.1) is 12.0 Å². The first kappa shape index (κ1) is 23.1. The van der Waals surface area contributed by atoms with Crippen LogP contribution in [0.25, 0.3) is 6.08 Å². The van der Waals surface area contributed by atoms with E-state index >= 15 is 0 Å². The zero-order chi connectivity index (χ0) is 23.2. The van der Waals surface area contributed by atoms with Crippen molar-refractivity contribution in [3.63, 3.8) is 0 Å². The number of nitrogens with one attached hydrogen (secondary N) is 1. The Hall–Kier alpha value is -3.11. The van der Waals surface area contributed by atoms with Gasteiger partial charge in [0.2, 0.25) is 0 Å². The molecule has 0 spiro atoms. The van der Waals surface area contributed by atoms with Gasteiger partial charge in [-0.2, -0.15) is 5.26 Å². The number of thioether (sulfide) groups is 1. The second-order valence-electron chi connectivity index (χ2n) is 8.39. The van der Waals surface area contributed by atoms with Crippen LogP contribution >= 0.6 is 11.8 Å².